The number of hydrogen-bond donors (Lipinski definition) is 0. The molecule has 0 saturated carbocycles. The highest BCUT2D eigenvalue weighted by molar-refractivity contribution is 6.18. The Morgan fingerprint density at radius 2 is 1.67 bits per heavy atom. The first kappa shape index (κ1) is 15.0. The van der Waals surface area contributed by atoms with Gasteiger partial charge in [-0.1, -0.05) is 45.4 Å². The fraction of sp³-hybridized carbons (Fsp3) is 0.923. The first-order valence-electron chi connectivity index (χ1n) is 6.28. The van der Waals surface area contributed by atoms with Crippen molar-refractivity contribution < 1.29 is 4.79 Å². The summed E-state index contributed by atoms with van der Waals surface area (Å²) in [5, 5.41) is 0. The lowest BCUT2D eigenvalue weighted by Gasteiger charge is -2.11. The minimum Gasteiger partial charge on any atom is -0.300 e. The van der Waals surface area contributed by atoms with Crippen molar-refractivity contribution >= 4 is 17.4 Å². The molecule has 0 N–H and O–H groups in total. The lowest BCUT2D eigenvalue weighted by Crippen LogP contribution is -2.11. The number of carbonyl (C=O) groups is 1. The van der Waals surface area contributed by atoms with E-state index in [1.807, 2.05) is 0 Å². The summed E-state index contributed by atoms with van der Waals surface area (Å²) in [4.78, 5) is 11.2. The van der Waals surface area contributed by atoms with E-state index in [1.165, 1.54) is 38.5 Å². The van der Waals surface area contributed by atoms with Crippen molar-refractivity contribution in [3.8, 4) is 0 Å². The standard InChI is InChI=1S/C13H25ClO/c1-3-4-5-6-7-8-9-13(10-11-14)12(2)15/h13H,3-11H2,1-2H3. The SMILES string of the molecule is CCCCCCCCC(CCCl)C(C)=O. The molecule has 1 nitrogen and oxygen atoms in total. The van der Waals surface area contributed by atoms with Crippen molar-refractivity contribution in [1.29, 1.82) is 0 Å². The maximum absolute atomic E-state index is 11.2. The molecular weight excluding hydrogens is 208 g/mol. The molecule has 15 heavy (non-hydrogen) atoms. The van der Waals surface area contributed by atoms with E-state index in [9.17, 15) is 4.79 Å². The van der Waals surface area contributed by atoms with Gasteiger partial charge in [0, 0.05) is 11.8 Å². The van der Waals surface area contributed by atoms with Crippen LogP contribution < -0.4 is 0 Å². The van der Waals surface area contributed by atoms with Crippen molar-refractivity contribution in [3.63, 3.8) is 0 Å². The molecule has 2 heteroatoms. The van der Waals surface area contributed by atoms with Gasteiger partial charge in [-0.15, -0.1) is 11.6 Å². The Kier molecular flexibility index (Phi) is 10.4. The Bertz CT molecular complexity index is 157. The highest BCUT2D eigenvalue weighted by Crippen LogP contribution is 2.16. The summed E-state index contributed by atoms with van der Waals surface area (Å²) >= 11 is 5.67. The largest absolute Gasteiger partial charge is 0.300 e. The zero-order valence-corrected chi connectivity index (χ0v) is 11.0. The molecule has 0 aliphatic carbocycles. The maximum atomic E-state index is 11.2. The van der Waals surface area contributed by atoms with Gasteiger partial charge < -0.3 is 0 Å². The molecule has 0 aromatic heterocycles. The van der Waals surface area contributed by atoms with E-state index in [1.54, 1.807) is 6.92 Å². The van der Waals surface area contributed by atoms with Crippen LogP contribution in [0.1, 0.15) is 65.2 Å². The van der Waals surface area contributed by atoms with Gasteiger partial charge in [-0.3, -0.25) is 4.79 Å². The van der Waals surface area contributed by atoms with Crippen LogP contribution in [0.2, 0.25) is 0 Å². The molecule has 1 atom stereocenters. The Morgan fingerprint density at radius 3 is 2.20 bits per heavy atom. The van der Waals surface area contributed by atoms with Gasteiger partial charge in [0.2, 0.25) is 0 Å². The normalized spacial score (nSPS) is 12.7. The Labute approximate surface area is 99.6 Å². The molecule has 0 amide bonds. The van der Waals surface area contributed by atoms with E-state index >= 15 is 0 Å². The summed E-state index contributed by atoms with van der Waals surface area (Å²) < 4.78 is 0. The van der Waals surface area contributed by atoms with Crippen molar-refractivity contribution in [2.75, 3.05) is 5.88 Å². The van der Waals surface area contributed by atoms with E-state index < -0.39 is 0 Å². The van der Waals surface area contributed by atoms with Crippen molar-refractivity contribution in [2.45, 2.75) is 65.2 Å². The molecule has 0 aliphatic heterocycles. The highest BCUT2D eigenvalue weighted by atomic mass is 35.5. The molecule has 0 aromatic rings. The quantitative estimate of drug-likeness (QED) is 0.398. The lowest BCUT2D eigenvalue weighted by molar-refractivity contribution is -0.121. The van der Waals surface area contributed by atoms with E-state index in [2.05, 4.69) is 6.92 Å². The molecular formula is C13H25ClO. The first-order chi connectivity index (χ1) is 7.22. The summed E-state index contributed by atoms with van der Waals surface area (Å²) in [5.41, 5.74) is 0. The van der Waals surface area contributed by atoms with Gasteiger partial charge >= 0.3 is 0 Å². The summed E-state index contributed by atoms with van der Waals surface area (Å²) in [7, 11) is 0. The van der Waals surface area contributed by atoms with E-state index in [0.717, 1.165) is 12.8 Å². The van der Waals surface area contributed by atoms with Crippen LogP contribution in [0.4, 0.5) is 0 Å². The smallest absolute Gasteiger partial charge is 0.132 e. The van der Waals surface area contributed by atoms with Gasteiger partial charge in [-0.2, -0.15) is 0 Å². The molecule has 0 bridgehead atoms. The summed E-state index contributed by atoms with van der Waals surface area (Å²) in [6.07, 6.45) is 9.65. The molecule has 0 radical (unpaired) electrons. The maximum Gasteiger partial charge on any atom is 0.132 e. The van der Waals surface area contributed by atoms with Gasteiger partial charge in [-0.25, -0.2) is 0 Å². The lowest BCUT2D eigenvalue weighted by atomic mass is 9.94. The fourth-order valence-electron chi connectivity index (χ4n) is 1.85. The molecule has 0 fully saturated rings. The zero-order valence-electron chi connectivity index (χ0n) is 10.2. The summed E-state index contributed by atoms with van der Waals surface area (Å²) in [6.45, 7) is 3.92. The average molecular weight is 233 g/mol. The van der Waals surface area contributed by atoms with Gasteiger partial charge in [0.15, 0.2) is 0 Å². The van der Waals surface area contributed by atoms with Gasteiger partial charge in [-0.05, 0) is 19.8 Å². The average Bonchev–Trinajstić information content (AvgIpc) is 2.21. The number of alkyl halides is 1. The number of ketones is 1. The van der Waals surface area contributed by atoms with Crippen molar-refractivity contribution in [3.05, 3.63) is 0 Å². The predicted octanol–water partition coefficient (Wildman–Crippen LogP) is 4.57. The fourth-order valence-corrected chi connectivity index (χ4v) is 2.12. The molecule has 0 saturated heterocycles. The number of rotatable bonds is 10. The Hall–Kier alpha value is -0.0400. The van der Waals surface area contributed by atoms with Gasteiger partial charge in [0.1, 0.15) is 5.78 Å². The predicted molar refractivity (Wildman–Crippen MR) is 67.5 cm³/mol. The number of carbonyl (C=O) groups excluding carboxylic acids is 1. The monoisotopic (exact) mass is 232 g/mol. The molecule has 90 valence electrons. The Morgan fingerprint density at radius 1 is 1.07 bits per heavy atom. The highest BCUT2D eigenvalue weighted by Gasteiger charge is 2.12. The van der Waals surface area contributed by atoms with Crippen LogP contribution >= 0.6 is 11.6 Å². The van der Waals surface area contributed by atoms with E-state index in [0.29, 0.717) is 11.7 Å². The second-order valence-corrected chi connectivity index (χ2v) is 4.72. The minimum absolute atomic E-state index is 0.216. The first-order valence-corrected chi connectivity index (χ1v) is 6.82. The van der Waals surface area contributed by atoms with Crippen LogP contribution in [0, 0.1) is 5.92 Å². The van der Waals surface area contributed by atoms with Crippen LogP contribution in [0.3, 0.4) is 0 Å². The topological polar surface area (TPSA) is 17.1 Å². The van der Waals surface area contributed by atoms with Gasteiger partial charge in [0.25, 0.3) is 0 Å². The zero-order chi connectivity index (χ0) is 11.5. The molecule has 0 heterocycles. The van der Waals surface area contributed by atoms with Crippen LogP contribution in [0.15, 0.2) is 0 Å². The van der Waals surface area contributed by atoms with Crippen LogP contribution in [0.25, 0.3) is 0 Å². The van der Waals surface area contributed by atoms with Crippen molar-refractivity contribution in [2.24, 2.45) is 5.92 Å². The van der Waals surface area contributed by atoms with E-state index in [-0.39, 0.29) is 5.92 Å². The molecule has 0 aliphatic rings. The van der Waals surface area contributed by atoms with Crippen LogP contribution in [0.5, 0.6) is 0 Å². The summed E-state index contributed by atoms with van der Waals surface area (Å²) in [6, 6.07) is 0. The third-order valence-electron chi connectivity index (χ3n) is 2.94. The van der Waals surface area contributed by atoms with Gasteiger partial charge in [0.05, 0.1) is 0 Å². The van der Waals surface area contributed by atoms with Crippen LogP contribution in [-0.4, -0.2) is 11.7 Å². The molecule has 0 rings (SSSR count). The van der Waals surface area contributed by atoms with Crippen LogP contribution in [-0.2, 0) is 4.79 Å². The minimum atomic E-state index is 0.216. The second-order valence-electron chi connectivity index (χ2n) is 4.34. The Balaban J connectivity index is 3.41. The third-order valence-corrected chi connectivity index (χ3v) is 3.16. The third kappa shape index (κ3) is 8.92. The summed E-state index contributed by atoms with van der Waals surface area (Å²) in [5.74, 6) is 1.14. The number of Topliss-reactive ketones (excluding diaryl/α,β-unsaturated/α-hetero) is 1. The molecule has 1 unspecified atom stereocenters. The number of unbranched alkanes of at least 4 members (excludes halogenated alkanes) is 5. The number of hydrogen-bond acceptors (Lipinski definition) is 1. The molecule has 0 spiro atoms. The van der Waals surface area contributed by atoms with Crippen molar-refractivity contribution in [1.82, 2.24) is 0 Å². The second kappa shape index (κ2) is 10.5. The molecule has 0 aromatic carbocycles. The number of halogens is 1. The van der Waals surface area contributed by atoms with E-state index in [4.69, 9.17) is 11.6 Å².